The van der Waals surface area contributed by atoms with E-state index in [-0.39, 0.29) is 0 Å². The zero-order valence-electron chi connectivity index (χ0n) is 11.1. The van der Waals surface area contributed by atoms with Gasteiger partial charge in [-0.1, -0.05) is 27.7 Å². The molecule has 90 valence electrons. The van der Waals surface area contributed by atoms with Gasteiger partial charge in [0.25, 0.3) is 0 Å². The molecule has 0 amide bonds. The van der Waals surface area contributed by atoms with Crippen molar-refractivity contribution in [2.75, 3.05) is 26.2 Å². The molecule has 0 aliphatic rings. The Bertz CT molecular complexity index is 99.7. The van der Waals surface area contributed by atoms with Crippen molar-refractivity contribution >= 4 is 0 Å². The first-order chi connectivity index (χ1) is 7.28. The summed E-state index contributed by atoms with van der Waals surface area (Å²) >= 11 is 0. The Morgan fingerprint density at radius 2 is 0.867 bits per heavy atom. The molecule has 0 rings (SSSR count). The second-order valence-corrected chi connectivity index (χ2v) is 4.07. The van der Waals surface area contributed by atoms with Crippen LogP contribution in [0.4, 0.5) is 0 Å². The standard InChI is InChI=1S/C13H28N2/c1-5-9-14(10-6-2)13-15(11-7-3)12-8-4/h5-12H2,1-4H3. The van der Waals surface area contributed by atoms with E-state index in [4.69, 9.17) is 0 Å². The molecule has 0 N–H and O–H groups in total. The maximum Gasteiger partial charge on any atom is 0.146 e. The second-order valence-electron chi connectivity index (χ2n) is 4.07. The predicted octanol–water partition coefficient (Wildman–Crippen LogP) is 3.23. The summed E-state index contributed by atoms with van der Waals surface area (Å²) in [6.45, 7) is 17.0. The fraction of sp³-hybridized carbons (Fsp3) is 0.923. The number of hydrogen-bond donors (Lipinski definition) is 0. The Kier molecular flexibility index (Phi) is 10.4. The molecule has 0 unspecified atom stereocenters. The van der Waals surface area contributed by atoms with Gasteiger partial charge in [0.15, 0.2) is 0 Å². The summed E-state index contributed by atoms with van der Waals surface area (Å²) in [5, 5.41) is 0. The Balaban J connectivity index is 3.93. The van der Waals surface area contributed by atoms with Crippen LogP contribution in [0.15, 0.2) is 0 Å². The van der Waals surface area contributed by atoms with Gasteiger partial charge in [0, 0.05) is 0 Å². The molecule has 0 aromatic carbocycles. The minimum absolute atomic E-state index is 1.14. The first-order valence-corrected chi connectivity index (χ1v) is 6.54. The molecular formula is C13H28N2. The predicted molar refractivity (Wildman–Crippen MR) is 67.6 cm³/mol. The van der Waals surface area contributed by atoms with Crippen LogP contribution >= 0.6 is 0 Å². The normalized spacial score (nSPS) is 11.6. The molecule has 0 aliphatic heterocycles. The highest BCUT2D eigenvalue weighted by molar-refractivity contribution is 4.70. The highest BCUT2D eigenvalue weighted by atomic mass is 15.3. The van der Waals surface area contributed by atoms with E-state index >= 15 is 0 Å². The van der Waals surface area contributed by atoms with Crippen molar-refractivity contribution in [3.8, 4) is 0 Å². The Morgan fingerprint density at radius 1 is 0.600 bits per heavy atom. The molecule has 15 heavy (non-hydrogen) atoms. The third-order valence-electron chi connectivity index (χ3n) is 2.26. The molecule has 0 bridgehead atoms. The Morgan fingerprint density at radius 3 is 1.07 bits per heavy atom. The molecule has 0 aliphatic carbocycles. The monoisotopic (exact) mass is 212 g/mol. The first kappa shape index (κ1) is 14.9. The van der Waals surface area contributed by atoms with Crippen molar-refractivity contribution in [3.63, 3.8) is 0 Å². The van der Waals surface area contributed by atoms with Crippen LogP contribution in [0.1, 0.15) is 53.4 Å². The molecule has 0 aromatic rings. The lowest BCUT2D eigenvalue weighted by Gasteiger charge is -2.27. The number of rotatable bonds is 10. The van der Waals surface area contributed by atoms with Crippen LogP contribution in [-0.4, -0.2) is 36.0 Å². The maximum absolute atomic E-state index is 3.52. The van der Waals surface area contributed by atoms with Gasteiger partial charge in [0.2, 0.25) is 0 Å². The van der Waals surface area contributed by atoms with Crippen LogP contribution in [0.2, 0.25) is 0 Å². The molecule has 0 atom stereocenters. The summed E-state index contributed by atoms with van der Waals surface area (Å²) in [5.74, 6) is 0. The van der Waals surface area contributed by atoms with Gasteiger partial charge in [-0.05, 0) is 51.9 Å². The molecule has 2 radical (unpaired) electrons. The third-order valence-corrected chi connectivity index (χ3v) is 2.26. The van der Waals surface area contributed by atoms with Crippen LogP contribution in [0.25, 0.3) is 0 Å². The molecule has 0 aromatic heterocycles. The van der Waals surface area contributed by atoms with E-state index in [0.717, 1.165) is 26.2 Å². The van der Waals surface area contributed by atoms with Crippen molar-refractivity contribution in [1.82, 2.24) is 9.80 Å². The highest BCUT2D eigenvalue weighted by Crippen LogP contribution is 2.04. The number of hydrogen-bond acceptors (Lipinski definition) is 2. The van der Waals surface area contributed by atoms with E-state index in [2.05, 4.69) is 44.2 Å². The fourth-order valence-corrected chi connectivity index (χ4v) is 1.70. The molecule has 0 spiro atoms. The van der Waals surface area contributed by atoms with Crippen LogP contribution in [0, 0.1) is 6.67 Å². The average molecular weight is 212 g/mol. The van der Waals surface area contributed by atoms with E-state index in [1.807, 2.05) is 0 Å². The SMILES string of the molecule is CCCN([C]N(CCC)CCC)CCC. The lowest BCUT2D eigenvalue weighted by molar-refractivity contribution is 0.196. The summed E-state index contributed by atoms with van der Waals surface area (Å²) in [6.07, 6.45) is 4.83. The average Bonchev–Trinajstić information content (AvgIpc) is 2.19. The quantitative estimate of drug-likeness (QED) is 0.513. The summed E-state index contributed by atoms with van der Waals surface area (Å²) in [6, 6.07) is 0. The van der Waals surface area contributed by atoms with E-state index in [9.17, 15) is 0 Å². The van der Waals surface area contributed by atoms with Crippen LogP contribution < -0.4 is 0 Å². The van der Waals surface area contributed by atoms with Crippen molar-refractivity contribution in [2.24, 2.45) is 0 Å². The van der Waals surface area contributed by atoms with Crippen molar-refractivity contribution in [2.45, 2.75) is 53.4 Å². The van der Waals surface area contributed by atoms with Gasteiger partial charge in [-0.15, -0.1) is 0 Å². The molecule has 2 nitrogen and oxygen atoms in total. The minimum Gasteiger partial charge on any atom is -0.280 e. The zero-order chi connectivity index (χ0) is 11.5. The van der Waals surface area contributed by atoms with Gasteiger partial charge >= 0.3 is 0 Å². The lowest BCUT2D eigenvalue weighted by Crippen LogP contribution is -2.34. The van der Waals surface area contributed by atoms with Gasteiger partial charge in [-0.25, -0.2) is 0 Å². The van der Waals surface area contributed by atoms with E-state index in [1.54, 1.807) is 0 Å². The summed E-state index contributed by atoms with van der Waals surface area (Å²) in [5.41, 5.74) is 0. The molecule has 2 heteroatoms. The van der Waals surface area contributed by atoms with Gasteiger partial charge < -0.3 is 0 Å². The third kappa shape index (κ3) is 7.80. The van der Waals surface area contributed by atoms with Gasteiger partial charge in [-0.3, -0.25) is 9.80 Å². The van der Waals surface area contributed by atoms with Crippen molar-refractivity contribution in [3.05, 3.63) is 6.67 Å². The van der Waals surface area contributed by atoms with E-state index < -0.39 is 0 Å². The Hall–Kier alpha value is -0.0800. The molecule has 0 fully saturated rings. The topological polar surface area (TPSA) is 6.48 Å². The van der Waals surface area contributed by atoms with Crippen LogP contribution in [0.3, 0.4) is 0 Å². The smallest absolute Gasteiger partial charge is 0.146 e. The van der Waals surface area contributed by atoms with Crippen molar-refractivity contribution < 1.29 is 0 Å². The largest absolute Gasteiger partial charge is 0.280 e. The van der Waals surface area contributed by atoms with Crippen LogP contribution in [0.5, 0.6) is 0 Å². The Labute approximate surface area is 96.6 Å². The molecular weight excluding hydrogens is 184 g/mol. The van der Waals surface area contributed by atoms with Gasteiger partial charge in [-0.2, -0.15) is 0 Å². The summed E-state index contributed by atoms with van der Waals surface area (Å²) < 4.78 is 0. The second kappa shape index (κ2) is 10.4. The summed E-state index contributed by atoms with van der Waals surface area (Å²) in [7, 11) is 0. The van der Waals surface area contributed by atoms with Gasteiger partial charge in [0.1, 0.15) is 6.67 Å². The number of nitrogens with zero attached hydrogens (tertiary/aromatic N) is 2. The van der Waals surface area contributed by atoms with E-state index in [1.165, 1.54) is 25.7 Å². The maximum atomic E-state index is 3.52. The minimum atomic E-state index is 1.14. The van der Waals surface area contributed by atoms with Crippen molar-refractivity contribution in [1.29, 1.82) is 0 Å². The fourth-order valence-electron chi connectivity index (χ4n) is 1.70. The first-order valence-electron chi connectivity index (χ1n) is 6.54. The van der Waals surface area contributed by atoms with Crippen LogP contribution in [-0.2, 0) is 0 Å². The van der Waals surface area contributed by atoms with E-state index in [0.29, 0.717) is 0 Å². The highest BCUT2D eigenvalue weighted by Gasteiger charge is 2.10. The summed E-state index contributed by atoms with van der Waals surface area (Å²) in [4.78, 5) is 4.68. The van der Waals surface area contributed by atoms with Gasteiger partial charge in [0.05, 0.1) is 0 Å². The zero-order valence-corrected chi connectivity index (χ0v) is 11.1. The molecule has 0 saturated heterocycles. The molecule has 0 saturated carbocycles. The molecule has 0 heterocycles. The lowest BCUT2D eigenvalue weighted by atomic mass is 10.3.